The van der Waals surface area contributed by atoms with Crippen LogP contribution in [0.1, 0.15) is 12.1 Å². The van der Waals surface area contributed by atoms with Gasteiger partial charge in [0.1, 0.15) is 0 Å². The van der Waals surface area contributed by atoms with E-state index in [0.29, 0.717) is 11.3 Å². The fourth-order valence-corrected chi connectivity index (χ4v) is 4.05. The number of hydrogen-bond acceptors (Lipinski definition) is 3. The van der Waals surface area contributed by atoms with Crippen molar-refractivity contribution in [3.05, 3.63) is 75.1 Å². The number of nitrogens with zero attached hydrogens (tertiary/aromatic N) is 4. The molecule has 6 heteroatoms. The van der Waals surface area contributed by atoms with E-state index in [2.05, 4.69) is 12.1 Å². The summed E-state index contributed by atoms with van der Waals surface area (Å²) in [6, 6.07) is 10.5. The van der Waals surface area contributed by atoms with Crippen LogP contribution in [0.4, 0.5) is 0 Å². The summed E-state index contributed by atoms with van der Waals surface area (Å²) < 4.78 is 4.19. The van der Waals surface area contributed by atoms with Crippen molar-refractivity contribution in [2.45, 2.75) is 12.1 Å². The van der Waals surface area contributed by atoms with Gasteiger partial charge in [-0.1, -0.05) is 30.4 Å². The molecule has 0 N–H and O–H groups in total. The Balaban J connectivity index is 1.83. The monoisotopic (exact) mass is 304 g/mol. The van der Waals surface area contributed by atoms with Crippen molar-refractivity contribution < 1.29 is 0 Å². The highest BCUT2D eigenvalue weighted by molar-refractivity contribution is 5.40. The van der Waals surface area contributed by atoms with Gasteiger partial charge >= 0.3 is 11.4 Å². The van der Waals surface area contributed by atoms with Crippen molar-refractivity contribution in [1.82, 2.24) is 13.9 Å². The minimum Gasteiger partial charge on any atom is -0.245 e. The Hall–Kier alpha value is -3.07. The lowest BCUT2D eigenvalue weighted by Gasteiger charge is -2.48. The quantitative estimate of drug-likeness (QED) is 0.742. The van der Waals surface area contributed by atoms with Crippen LogP contribution in [0, 0.1) is 23.2 Å². The van der Waals surface area contributed by atoms with Gasteiger partial charge in [-0.25, -0.2) is 23.5 Å². The highest BCUT2D eigenvalue weighted by Crippen LogP contribution is 2.52. The molecule has 1 aromatic carbocycles. The maximum atomic E-state index is 12.9. The van der Waals surface area contributed by atoms with Crippen molar-refractivity contribution in [2.75, 3.05) is 0 Å². The third kappa shape index (κ3) is 1.33. The van der Waals surface area contributed by atoms with Crippen LogP contribution in [0.15, 0.2) is 63.7 Å². The molecule has 2 bridgehead atoms. The van der Waals surface area contributed by atoms with Gasteiger partial charge in [0.05, 0.1) is 29.4 Å². The molecule has 0 fully saturated rings. The molecule has 0 unspecified atom stereocenters. The average Bonchev–Trinajstić information content (AvgIpc) is 2.80. The summed E-state index contributed by atoms with van der Waals surface area (Å²) in [6.45, 7) is 0. The van der Waals surface area contributed by atoms with Gasteiger partial charge in [0.15, 0.2) is 0 Å². The number of aromatic nitrogens is 3. The van der Waals surface area contributed by atoms with E-state index < -0.39 is 0 Å². The molecule has 2 aliphatic carbocycles. The van der Waals surface area contributed by atoms with E-state index in [9.17, 15) is 14.9 Å². The maximum absolute atomic E-state index is 12.9. The summed E-state index contributed by atoms with van der Waals surface area (Å²) in [7, 11) is 0. The number of rotatable bonds is 1. The molecule has 4 atom stereocenters. The first-order valence-electron chi connectivity index (χ1n) is 7.54. The molecule has 6 nitrogen and oxygen atoms in total. The molecule has 2 aromatic rings. The van der Waals surface area contributed by atoms with Crippen LogP contribution in [0.2, 0.25) is 0 Å². The van der Waals surface area contributed by atoms with Crippen molar-refractivity contribution in [3.63, 3.8) is 0 Å². The second kappa shape index (κ2) is 4.02. The van der Waals surface area contributed by atoms with Crippen LogP contribution >= 0.6 is 0 Å². The van der Waals surface area contributed by atoms with Gasteiger partial charge in [0.25, 0.3) is 0 Å². The predicted octanol–water partition coefficient (Wildman–Crippen LogP) is 1.16. The van der Waals surface area contributed by atoms with Gasteiger partial charge in [0.2, 0.25) is 0 Å². The minimum absolute atomic E-state index is 0.128. The zero-order chi connectivity index (χ0) is 15.7. The molecule has 0 saturated heterocycles. The summed E-state index contributed by atoms with van der Waals surface area (Å²) in [6.07, 6.45) is 5.94. The fourth-order valence-electron chi connectivity index (χ4n) is 4.05. The van der Waals surface area contributed by atoms with Crippen molar-refractivity contribution in [3.8, 4) is 11.8 Å². The predicted molar refractivity (Wildman–Crippen MR) is 82.2 cm³/mol. The van der Waals surface area contributed by atoms with E-state index in [0.717, 1.165) is 0 Å². The molecule has 0 amide bonds. The van der Waals surface area contributed by atoms with Gasteiger partial charge in [-0.3, -0.25) is 0 Å². The first kappa shape index (κ1) is 12.5. The Morgan fingerprint density at radius 1 is 0.957 bits per heavy atom. The van der Waals surface area contributed by atoms with Crippen LogP contribution < -0.4 is 11.4 Å². The second-order valence-electron chi connectivity index (χ2n) is 6.13. The topological polar surface area (TPSA) is 72.7 Å². The lowest BCUT2D eigenvalue weighted by molar-refractivity contribution is 0.132. The first-order valence-corrected chi connectivity index (χ1v) is 7.54. The van der Waals surface area contributed by atoms with E-state index in [1.807, 2.05) is 18.2 Å². The highest BCUT2D eigenvalue weighted by Gasteiger charge is 2.51. The molecule has 0 spiro atoms. The zero-order valence-corrected chi connectivity index (χ0v) is 12.0. The van der Waals surface area contributed by atoms with E-state index in [-0.39, 0.29) is 35.3 Å². The maximum Gasteiger partial charge on any atom is 0.352 e. The standard InChI is InChI=1S/C17H12N4O2/c18-9-10-8-14-12-6-7-13(12)15(10)21-17(23)19(16(22)20(14)21)11-4-2-1-3-5-11/h1-8,12-15H/t12-,13+,14-,15-/m0/s1. The van der Waals surface area contributed by atoms with Gasteiger partial charge in [-0.2, -0.15) is 5.26 Å². The third-order valence-electron chi connectivity index (χ3n) is 5.12. The molecule has 2 aliphatic heterocycles. The molecule has 6 rings (SSSR count). The van der Waals surface area contributed by atoms with Crippen LogP contribution in [-0.2, 0) is 0 Å². The van der Waals surface area contributed by atoms with Crippen LogP contribution in [-0.4, -0.2) is 13.9 Å². The van der Waals surface area contributed by atoms with Crippen LogP contribution in [0.3, 0.4) is 0 Å². The number of benzene rings is 1. The summed E-state index contributed by atoms with van der Waals surface area (Å²) in [5, 5.41) is 9.40. The van der Waals surface area contributed by atoms with Gasteiger partial charge in [-0.15, -0.1) is 0 Å². The number of para-hydroxylation sites is 1. The highest BCUT2D eigenvalue weighted by atomic mass is 16.2. The third-order valence-corrected chi connectivity index (χ3v) is 5.12. The van der Waals surface area contributed by atoms with Gasteiger partial charge in [0, 0.05) is 11.8 Å². The Bertz CT molecular complexity index is 1040. The van der Waals surface area contributed by atoms with E-state index in [1.54, 1.807) is 24.3 Å². The number of hydrogen-bond donors (Lipinski definition) is 0. The molecule has 4 aliphatic rings. The molecular formula is C17H12N4O2. The Labute approximate surface area is 130 Å². The van der Waals surface area contributed by atoms with Gasteiger partial charge in [-0.05, 0) is 18.2 Å². The Morgan fingerprint density at radius 3 is 2.30 bits per heavy atom. The summed E-state index contributed by atoms with van der Waals surface area (Å²) in [4.78, 5) is 25.8. The fraction of sp³-hybridized carbons (Fsp3) is 0.235. The largest absolute Gasteiger partial charge is 0.352 e. The molecule has 1 aromatic heterocycles. The number of allylic oxidation sites excluding steroid dienone is 4. The van der Waals surface area contributed by atoms with Crippen molar-refractivity contribution in [1.29, 1.82) is 5.26 Å². The smallest absolute Gasteiger partial charge is 0.245 e. The lowest BCUT2D eigenvalue weighted by Crippen LogP contribution is -2.52. The molecule has 3 heterocycles. The lowest BCUT2D eigenvalue weighted by atomic mass is 9.66. The summed E-state index contributed by atoms with van der Waals surface area (Å²) >= 11 is 0. The molecule has 23 heavy (non-hydrogen) atoms. The zero-order valence-electron chi connectivity index (χ0n) is 12.0. The summed E-state index contributed by atoms with van der Waals surface area (Å²) in [5.74, 6) is 0.323. The first-order chi connectivity index (χ1) is 11.2. The normalized spacial score (nSPS) is 29.3. The number of nitriles is 1. The molecule has 0 saturated carbocycles. The van der Waals surface area contributed by atoms with Crippen molar-refractivity contribution in [2.24, 2.45) is 11.8 Å². The SMILES string of the molecule is N#CC1=C[C@H]2[C@H]3C=C[C@H]3[C@H]1n1c(=O)n(-c3ccccc3)c(=O)n12. The van der Waals surface area contributed by atoms with Crippen LogP contribution in [0.5, 0.6) is 0 Å². The van der Waals surface area contributed by atoms with Crippen molar-refractivity contribution >= 4 is 0 Å². The minimum atomic E-state index is -0.379. The van der Waals surface area contributed by atoms with Crippen LogP contribution in [0.25, 0.3) is 5.69 Å². The Morgan fingerprint density at radius 2 is 1.65 bits per heavy atom. The van der Waals surface area contributed by atoms with E-state index in [1.165, 1.54) is 13.9 Å². The Kier molecular flexibility index (Phi) is 2.18. The van der Waals surface area contributed by atoms with E-state index in [4.69, 9.17) is 0 Å². The van der Waals surface area contributed by atoms with E-state index >= 15 is 0 Å². The average molecular weight is 304 g/mol. The molecular weight excluding hydrogens is 292 g/mol. The summed E-state index contributed by atoms with van der Waals surface area (Å²) in [5.41, 5.74) is 0.405. The van der Waals surface area contributed by atoms with Gasteiger partial charge < -0.3 is 0 Å². The second-order valence-corrected chi connectivity index (χ2v) is 6.13. The molecule has 112 valence electrons. The molecule has 0 radical (unpaired) electrons.